The van der Waals surface area contributed by atoms with E-state index in [-0.39, 0.29) is 5.91 Å². The zero-order valence-electron chi connectivity index (χ0n) is 11.4. The molecular weight excluding hydrogens is 250 g/mol. The summed E-state index contributed by atoms with van der Waals surface area (Å²) in [6, 6.07) is 13.0. The van der Waals surface area contributed by atoms with E-state index in [1.54, 1.807) is 24.3 Å². The number of nitrogens with two attached hydrogens (primary N) is 1. The van der Waals surface area contributed by atoms with Crippen molar-refractivity contribution in [1.29, 1.82) is 0 Å². The summed E-state index contributed by atoms with van der Waals surface area (Å²) < 4.78 is 0. The van der Waals surface area contributed by atoms with Gasteiger partial charge in [0.25, 0.3) is 5.91 Å². The minimum Gasteiger partial charge on any atom is -0.399 e. The zero-order chi connectivity index (χ0) is 14.1. The number of nitrogens with one attached hydrogen (secondary N) is 1. The highest BCUT2D eigenvalue weighted by molar-refractivity contribution is 6.05. The van der Waals surface area contributed by atoms with Crippen molar-refractivity contribution in [2.45, 2.75) is 13.1 Å². The lowest BCUT2D eigenvalue weighted by Crippen LogP contribution is -2.14. The topological polar surface area (TPSA) is 58.4 Å². The van der Waals surface area contributed by atoms with Crippen molar-refractivity contribution in [1.82, 2.24) is 4.90 Å². The fourth-order valence-corrected chi connectivity index (χ4v) is 2.58. The maximum atomic E-state index is 12.3. The average Bonchev–Trinajstić information content (AvgIpc) is 2.80. The van der Waals surface area contributed by atoms with Gasteiger partial charge in [0.15, 0.2) is 0 Å². The summed E-state index contributed by atoms with van der Waals surface area (Å²) in [6.07, 6.45) is 0. The summed E-state index contributed by atoms with van der Waals surface area (Å²) in [7, 11) is 2.07. The van der Waals surface area contributed by atoms with E-state index in [0.29, 0.717) is 11.3 Å². The van der Waals surface area contributed by atoms with E-state index < -0.39 is 0 Å². The van der Waals surface area contributed by atoms with Crippen molar-refractivity contribution in [2.75, 3.05) is 18.1 Å². The van der Waals surface area contributed by atoms with Gasteiger partial charge >= 0.3 is 0 Å². The molecule has 0 saturated carbocycles. The number of hydrogen-bond donors (Lipinski definition) is 2. The second kappa shape index (κ2) is 4.98. The molecule has 2 aromatic rings. The lowest BCUT2D eigenvalue weighted by Gasteiger charge is -2.10. The van der Waals surface area contributed by atoms with Crippen LogP contribution in [0.1, 0.15) is 21.5 Å². The Morgan fingerprint density at radius 3 is 2.80 bits per heavy atom. The Hall–Kier alpha value is -2.33. The maximum Gasteiger partial charge on any atom is 0.255 e. The molecule has 0 unspecified atom stereocenters. The maximum absolute atomic E-state index is 12.3. The van der Waals surface area contributed by atoms with Crippen LogP contribution in [0.25, 0.3) is 0 Å². The number of nitrogens with zero attached hydrogens (tertiary/aromatic N) is 1. The summed E-state index contributed by atoms with van der Waals surface area (Å²) in [6.45, 7) is 1.79. The molecule has 3 rings (SSSR count). The van der Waals surface area contributed by atoms with Gasteiger partial charge < -0.3 is 11.1 Å². The highest BCUT2D eigenvalue weighted by atomic mass is 16.1. The first kappa shape index (κ1) is 12.7. The number of carbonyl (C=O) groups is 1. The van der Waals surface area contributed by atoms with Crippen molar-refractivity contribution in [3.05, 3.63) is 59.2 Å². The first-order valence-corrected chi connectivity index (χ1v) is 6.59. The predicted octanol–water partition coefficient (Wildman–Crippen LogP) is 2.47. The zero-order valence-corrected chi connectivity index (χ0v) is 11.4. The van der Waals surface area contributed by atoms with Gasteiger partial charge in [-0.3, -0.25) is 9.69 Å². The number of anilines is 2. The monoisotopic (exact) mass is 267 g/mol. The van der Waals surface area contributed by atoms with Crippen LogP contribution in [0.2, 0.25) is 0 Å². The molecule has 1 aliphatic heterocycles. The Bertz CT molecular complexity index is 667. The van der Waals surface area contributed by atoms with E-state index >= 15 is 0 Å². The molecule has 3 N–H and O–H groups in total. The first-order chi connectivity index (χ1) is 9.63. The predicted molar refractivity (Wildman–Crippen MR) is 80.4 cm³/mol. The summed E-state index contributed by atoms with van der Waals surface area (Å²) in [5, 5.41) is 2.99. The molecule has 0 aromatic heterocycles. The minimum absolute atomic E-state index is 0.125. The van der Waals surface area contributed by atoms with Gasteiger partial charge in [0.2, 0.25) is 0 Å². The largest absolute Gasteiger partial charge is 0.399 e. The van der Waals surface area contributed by atoms with Gasteiger partial charge in [0, 0.05) is 30.0 Å². The number of carbonyl (C=O) groups excluding carboxylic acids is 1. The number of rotatable bonds is 2. The van der Waals surface area contributed by atoms with Crippen molar-refractivity contribution in [3.8, 4) is 0 Å². The SMILES string of the molecule is CN1Cc2cccc(NC(=O)c3cccc(N)c3)c2C1. The highest BCUT2D eigenvalue weighted by Crippen LogP contribution is 2.28. The second-order valence-corrected chi connectivity index (χ2v) is 5.20. The van der Waals surface area contributed by atoms with Gasteiger partial charge in [-0.25, -0.2) is 0 Å². The molecule has 0 fully saturated rings. The molecule has 0 radical (unpaired) electrons. The lowest BCUT2D eigenvalue weighted by atomic mass is 10.1. The summed E-state index contributed by atoms with van der Waals surface area (Å²) in [5.74, 6) is -0.125. The van der Waals surface area contributed by atoms with Crippen LogP contribution in [0, 0.1) is 0 Å². The Morgan fingerprint density at radius 1 is 1.20 bits per heavy atom. The van der Waals surface area contributed by atoms with Crippen LogP contribution in [0.5, 0.6) is 0 Å². The van der Waals surface area contributed by atoms with Gasteiger partial charge in [0.05, 0.1) is 0 Å². The molecule has 1 aliphatic rings. The molecule has 0 saturated heterocycles. The molecule has 4 heteroatoms. The van der Waals surface area contributed by atoms with Gasteiger partial charge in [-0.2, -0.15) is 0 Å². The molecular formula is C16H17N3O. The molecule has 0 spiro atoms. The van der Waals surface area contributed by atoms with Crippen molar-refractivity contribution in [2.24, 2.45) is 0 Å². The van der Waals surface area contributed by atoms with Crippen LogP contribution in [-0.4, -0.2) is 17.9 Å². The van der Waals surface area contributed by atoms with Crippen molar-refractivity contribution >= 4 is 17.3 Å². The molecule has 20 heavy (non-hydrogen) atoms. The van der Waals surface area contributed by atoms with Crippen LogP contribution < -0.4 is 11.1 Å². The quantitative estimate of drug-likeness (QED) is 0.822. The molecule has 4 nitrogen and oxygen atoms in total. The fraction of sp³-hybridized carbons (Fsp3) is 0.188. The second-order valence-electron chi connectivity index (χ2n) is 5.20. The summed E-state index contributed by atoms with van der Waals surface area (Å²) in [5.41, 5.74) is 10.2. The van der Waals surface area contributed by atoms with E-state index in [1.807, 2.05) is 12.1 Å². The lowest BCUT2D eigenvalue weighted by molar-refractivity contribution is 0.102. The van der Waals surface area contributed by atoms with Gasteiger partial charge in [-0.05, 0) is 42.4 Å². The van der Waals surface area contributed by atoms with E-state index in [2.05, 4.69) is 23.3 Å². The molecule has 0 aliphatic carbocycles. The van der Waals surface area contributed by atoms with E-state index in [1.165, 1.54) is 11.1 Å². The Morgan fingerprint density at radius 2 is 2.00 bits per heavy atom. The smallest absolute Gasteiger partial charge is 0.255 e. The standard InChI is InChI=1S/C16H17N3O/c1-19-9-12-5-3-7-15(14(12)10-19)18-16(20)11-4-2-6-13(17)8-11/h2-8H,9-10,17H2,1H3,(H,18,20). The molecule has 0 bridgehead atoms. The van der Waals surface area contributed by atoms with Crippen LogP contribution >= 0.6 is 0 Å². The third-order valence-corrected chi connectivity index (χ3v) is 3.54. The first-order valence-electron chi connectivity index (χ1n) is 6.59. The summed E-state index contributed by atoms with van der Waals surface area (Å²) >= 11 is 0. The average molecular weight is 267 g/mol. The molecule has 0 atom stereocenters. The Kier molecular flexibility index (Phi) is 3.16. The van der Waals surface area contributed by atoms with Gasteiger partial charge in [-0.1, -0.05) is 18.2 Å². The van der Waals surface area contributed by atoms with Crippen LogP contribution in [-0.2, 0) is 13.1 Å². The normalized spacial score (nSPS) is 14.1. The third-order valence-electron chi connectivity index (χ3n) is 3.54. The van der Waals surface area contributed by atoms with Crippen molar-refractivity contribution in [3.63, 3.8) is 0 Å². The number of nitrogen functional groups attached to an aromatic ring is 1. The number of hydrogen-bond acceptors (Lipinski definition) is 3. The summed E-state index contributed by atoms with van der Waals surface area (Å²) in [4.78, 5) is 14.5. The van der Waals surface area contributed by atoms with E-state index in [9.17, 15) is 4.79 Å². The third kappa shape index (κ3) is 2.38. The van der Waals surface area contributed by atoms with Crippen molar-refractivity contribution < 1.29 is 4.79 Å². The molecule has 1 amide bonds. The van der Waals surface area contributed by atoms with Crippen LogP contribution in [0.15, 0.2) is 42.5 Å². The highest BCUT2D eigenvalue weighted by Gasteiger charge is 2.19. The number of fused-ring (bicyclic) bond motifs is 1. The minimum atomic E-state index is -0.125. The molecule has 102 valence electrons. The Balaban J connectivity index is 1.86. The van der Waals surface area contributed by atoms with E-state index in [4.69, 9.17) is 5.73 Å². The number of benzene rings is 2. The van der Waals surface area contributed by atoms with Crippen LogP contribution in [0.3, 0.4) is 0 Å². The molecule has 2 aromatic carbocycles. The molecule has 1 heterocycles. The van der Waals surface area contributed by atoms with Crippen LogP contribution in [0.4, 0.5) is 11.4 Å². The number of amides is 1. The van der Waals surface area contributed by atoms with Gasteiger partial charge in [0.1, 0.15) is 0 Å². The van der Waals surface area contributed by atoms with Gasteiger partial charge in [-0.15, -0.1) is 0 Å². The Labute approximate surface area is 118 Å². The van der Waals surface area contributed by atoms with E-state index in [0.717, 1.165) is 18.8 Å². The fourth-order valence-electron chi connectivity index (χ4n) is 2.58.